The molecule has 0 atom stereocenters. The number of benzene rings is 1. The van der Waals surface area contributed by atoms with E-state index in [1.165, 1.54) is 18.3 Å². The van der Waals surface area contributed by atoms with Crippen molar-refractivity contribution in [3.8, 4) is 5.75 Å². The Bertz CT molecular complexity index is 786. The molecular weight excluding hydrogens is 312 g/mol. The number of hydrogen-bond acceptors (Lipinski definition) is 6. The first-order valence-corrected chi connectivity index (χ1v) is 6.84. The molecule has 1 aromatic carbocycles. The first-order valence-electron chi connectivity index (χ1n) is 6.84. The van der Waals surface area contributed by atoms with Crippen molar-refractivity contribution >= 4 is 29.3 Å². The average molecular weight is 328 g/mol. The standard InChI is InChI=1S/C15H16N6O3/c16-13-10(5-3-7-19-13)21-14(23)9-4-1-2-6-11(9)24-12(22)8-20-15(17)18/h1-7H,8H2,(H2,16,19)(H,21,23)(H4,17,18,20). The highest BCUT2D eigenvalue weighted by molar-refractivity contribution is 6.07. The molecule has 0 saturated heterocycles. The second-order valence-corrected chi connectivity index (χ2v) is 4.60. The zero-order valence-electron chi connectivity index (χ0n) is 12.6. The summed E-state index contributed by atoms with van der Waals surface area (Å²) in [6, 6.07) is 9.48. The quantitative estimate of drug-likeness (QED) is 0.262. The number of aromatic nitrogens is 1. The Morgan fingerprint density at radius 2 is 1.92 bits per heavy atom. The monoisotopic (exact) mass is 328 g/mol. The fraction of sp³-hybridized carbons (Fsp3) is 0.0667. The van der Waals surface area contributed by atoms with Gasteiger partial charge in [-0.15, -0.1) is 0 Å². The lowest BCUT2D eigenvalue weighted by Crippen LogP contribution is -2.25. The minimum absolute atomic E-state index is 0.0771. The third-order valence-electron chi connectivity index (χ3n) is 2.83. The van der Waals surface area contributed by atoms with E-state index in [4.69, 9.17) is 21.9 Å². The van der Waals surface area contributed by atoms with Gasteiger partial charge in [0, 0.05) is 6.20 Å². The molecule has 2 rings (SSSR count). The molecule has 0 unspecified atom stereocenters. The van der Waals surface area contributed by atoms with E-state index >= 15 is 0 Å². The Balaban J connectivity index is 2.16. The largest absolute Gasteiger partial charge is 0.424 e. The second-order valence-electron chi connectivity index (χ2n) is 4.60. The van der Waals surface area contributed by atoms with E-state index in [0.29, 0.717) is 5.69 Å². The summed E-state index contributed by atoms with van der Waals surface area (Å²) in [7, 11) is 0. The second kappa shape index (κ2) is 7.58. The highest BCUT2D eigenvalue weighted by atomic mass is 16.5. The Labute approximate surface area is 137 Å². The highest BCUT2D eigenvalue weighted by Crippen LogP contribution is 2.21. The van der Waals surface area contributed by atoms with Crippen molar-refractivity contribution in [3.63, 3.8) is 0 Å². The molecule has 0 spiro atoms. The summed E-state index contributed by atoms with van der Waals surface area (Å²) in [6.07, 6.45) is 1.50. The molecule has 0 fully saturated rings. The Morgan fingerprint density at radius 1 is 1.17 bits per heavy atom. The summed E-state index contributed by atoms with van der Waals surface area (Å²) in [6.45, 7) is -0.353. The molecule has 2 aromatic rings. The number of nitrogens with one attached hydrogen (secondary N) is 1. The van der Waals surface area contributed by atoms with E-state index in [9.17, 15) is 9.59 Å². The summed E-state index contributed by atoms with van der Waals surface area (Å²) >= 11 is 0. The molecule has 9 heteroatoms. The summed E-state index contributed by atoms with van der Waals surface area (Å²) in [5.41, 5.74) is 16.5. The molecule has 124 valence electrons. The van der Waals surface area contributed by atoms with Gasteiger partial charge in [0.25, 0.3) is 5.91 Å². The molecule has 0 saturated carbocycles. The summed E-state index contributed by atoms with van der Waals surface area (Å²) < 4.78 is 5.12. The lowest BCUT2D eigenvalue weighted by molar-refractivity contribution is -0.132. The van der Waals surface area contributed by atoms with Crippen molar-refractivity contribution in [1.82, 2.24) is 4.98 Å². The van der Waals surface area contributed by atoms with E-state index in [-0.39, 0.29) is 29.6 Å². The minimum Gasteiger partial charge on any atom is -0.424 e. The van der Waals surface area contributed by atoms with Gasteiger partial charge in [0.2, 0.25) is 0 Å². The number of carbonyl (C=O) groups excluding carboxylic acids is 2. The third-order valence-corrected chi connectivity index (χ3v) is 2.83. The predicted molar refractivity (Wildman–Crippen MR) is 89.4 cm³/mol. The normalized spacial score (nSPS) is 9.83. The molecule has 0 bridgehead atoms. The van der Waals surface area contributed by atoms with Crippen LogP contribution in [0.4, 0.5) is 11.5 Å². The number of nitrogen functional groups attached to an aromatic ring is 1. The smallest absolute Gasteiger partial charge is 0.333 e. The van der Waals surface area contributed by atoms with Gasteiger partial charge in [0.05, 0.1) is 11.3 Å². The Hall–Kier alpha value is -3.62. The van der Waals surface area contributed by atoms with Crippen LogP contribution in [-0.2, 0) is 4.79 Å². The van der Waals surface area contributed by atoms with Crippen molar-refractivity contribution in [1.29, 1.82) is 0 Å². The maximum atomic E-state index is 12.4. The molecule has 24 heavy (non-hydrogen) atoms. The Kier molecular flexibility index (Phi) is 5.29. The lowest BCUT2D eigenvalue weighted by Gasteiger charge is -2.10. The molecule has 1 amide bonds. The van der Waals surface area contributed by atoms with Gasteiger partial charge in [-0.05, 0) is 24.3 Å². The lowest BCUT2D eigenvalue weighted by atomic mass is 10.2. The maximum Gasteiger partial charge on any atom is 0.333 e. The fourth-order valence-corrected chi connectivity index (χ4v) is 1.77. The van der Waals surface area contributed by atoms with Crippen LogP contribution in [0.3, 0.4) is 0 Å². The van der Waals surface area contributed by atoms with Crippen molar-refractivity contribution in [2.24, 2.45) is 16.5 Å². The van der Waals surface area contributed by atoms with Gasteiger partial charge in [0.15, 0.2) is 5.96 Å². The Morgan fingerprint density at radius 3 is 2.62 bits per heavy atom. The number of pyridine rings is 1. The number of hydrogen-bond donors (Lipinski definition) is 4. The van der Waals surface area contributed by atoms with Crippen LogP contribution in [0, 0.1) is 0 Å². The van der Waals surface area contributed by atoms with Crippen LogP contribution < -0.4 is 27.3 Å². The van der Waals surface area contributed by atoms with Gasteiger partial charge in [0.1, 0.15) is 18.1 Å². The number of anilines is 2. The van der Waals surface area contributed by atoms with Crippen molar-refractivity contribution < 1.29 is 14.3 Å². The molecule has 1 heterocycles. The van der Waals surface area contributed by atoms with Gasteiger partial charge >= 0.3 is 5.97 Å². The first kappa shape index (κ1) is 16.7. The predicted octanol–water partition coefficient (Wildman–Crippen LogP) is 0.0949. The van der Waals surface area contributed by atoms with E-state index in [0.717, 1.165) is 0 Å². The molecule has 0 radical (unpaired) electrons. The summed E-state index contributed by atoms with van der Waals surface area (Å²) in [4.78, 5) is 31.5. The average Bonchev–Trinajstić information content (AvgIpc) is 2.55. The van der Waals surface area contributed by atoms with Crippen LogP contribution in [0.5, 0.6) is 5.75 Å². The zero-order chi connectivity index (χ0) is 17.5. The van der Waals surface area contributed by atoms with Gasteiger partial charge in [-0.2, -0.15) is 0 Å². The number of rotatable bonds is 5. The van der Waals surface area contributed by atoms with Crippen molar-refractivity contribution in [2.45, 2.75) is 0 Å². The number of nitrogens with zero attached hydrogens (tertiary/aromatic N) is 2. The molecule has 9 nitrogen and oxygen atoms in total. The van der Waals surface area contributed by atoms with Crippen LogP contribution in [0.15, 0.2) is 47.6 Å². The first-order chi connectivity index (χ1) is 11.5. The number of nitrogens with two attached hydrogens (primary N) is 3. The fourth-order valence-electron chi connectivity index (χ4n) is 1.77. The SMILES string of the molecule is NC(N)=NCC(=O)Oc1ccccc1C(=O)Nc1cccnc1N. The van der Waals surface area contributed by atoms with Gasteiger partial charge in [-0.25, -0.2) is 14.8 Å². The van der Waals surface area contributed by atoms with Crippen molar-refractivity contribution in [3.05, 3.63) is 48.2 Å². The zero-order valence-corrected chi connectivity index (χ0v) is 12.6. The van der Waals surface area contributed by atoms with Crippen LogP contribution in [0.2, 0.25) is 0 Å². The maximum absolute atomic E-state index is 12.4. The highest BCUT2D eigenvalue weighted by Gasteiger charge is 2.16. The number of esters is 1. The van der Waals surface area contributed by atoms with E-state index in [1.807, 2.05) is 0 Å². The van der Waals surface area contributed by atoms with E-state index in [2.05, 4.69) is 15.3 Å². The number of para-hydroxylation sites is 1. The van der Waals surface area contributed by atoms with Gasteiger partial charge < -0.3 is 27.3 Å². The number of guanidine groups is 1. The molecule has 7 N–H and O–H groups in total. The number of amides is 1. The molecule has 0 aliphatic rings. The topological polar surface area (TPSA) is 159 Å². The molecule has 0 aliphatic carbocycles. The summed E-state index contributed by atoms with van der Waals surface area (Å²) in [5.74, 6) is -1.18. The number of carbonyl (C=O) groups is 2. The minimum atomic E-state index is -0.704. The third kappa shape index (κ3) is 4.44. The van der Waals surface area contributed by atoms with Gasteiger partial charge in [-0.1, -0.05) is 12.1 Å². The summed E-state index contributed by atoms with van der Waals surface area (Å²) in [5, 5.41) is 2.61. The number of aliphatic imine (C=N–C) groups is 1. The molecule has 1 aromatic heterocycles. The van der Waals surface area contributed by atoms with Crippen molar-refractivity contribution in [2.75, 3.05) is 17.6 Å². The van der Waals surface area contributed by atoms with E-state index in [1.54, 1.807) is 24.3 Å². The molecular formula is C15H16N6O3. The van der Waals surface area contributed by atoms with E-state index < -0.39 is 11.9 Å². The van der Waals surface area contributed by atoms with Gasteiger partial charge in [-0.3, -0.25) is 4.79 Å². The van der Waals surface area contributed by atoms with Crippen LogP contribution in [0.25, 0.3) is 0 Å². The number of ether oxygens (including phenoxy) is 1. The molecule has 0 aliphatic heterocycles. The van der Waals surface area contributed by atoms with Crippen LogP contribution in [0.1, 0.15) is 10.4 Å². The van der Waals surface area contributed by atoms with Crippen LogP contribution >= 0.6 is 0 Å². The van der Waals surface area contributed by atoms with Crippen LogP contribution in [-0.4, -0.2) is 29.4 Å².